The Morgan fingerprint density at radius 1 is 1.33 bits per heavy atom. The number of ether oxygens (including phenoxy) is 1. The number of aromatic amines is 1. The summed E-state index contributed by atoms with van der Waals surface area (Å²) in [5.41, 5.74) is 0.704. The summed E-state index contributed by atoms with van der Waals surface area (Å²) in [7, 11) is 1.93. The van der Waals surface area contributed by atoms with Gasteiger partial charge in [0.05, 0.1) is 6.61 Å². The summed E-state index contributed by atoms with van der Waals surface area (Å²) in [6.07, 6.45) is 1.80. The van der Waals surface area contributed by atoms with E-state index in [9.17, 15) is 4.79 Å². The molecule has 1 aliphatic heterocycles. The van der Waals surface area contributed by atoms with Crippen molar-refractivity contribution in [1.82, 2.24) is 19.7 Å². The number of rotatable bonds is 4. The van der Waals surface area contributed by atoms with E-state index >= 15 is 0 Å². The van der Waals surface area contributed by atoms with Crippen LogP contribution < -0.4 is 4.74 Å². The summed E-state index contributed by atoms with van der Waals surface area (Å²) in [5, 5.41) is 7.16. The van der Waals surface area contributed by atoms with Crippen LogP contribution in [0.4, 0.5) is 0 Å². The molecular weight excluding hydrogens is 324 g/mol. The number of aromatic nitrogens is 3. The highest BCUT2D eigenvalue weighted by Crippen LogP contribution is 2.27. The van der Waals surface area contributed by atoms with E-state index in [0.717, 1.165) is 37.5 Å². The van der Waals surface area contributed by atoms with E-state index in [0.29, 0.717) is 22.9 Å². The van der Waals surface area contributed by atoms with Crippen LogP contribution in [0.2, 0.25) is 0 Å². The number of carbonyl (C=O) groups excluding carboxylic acids is 1. The van der Waals surface area contributed by atoms with Gasteiger partial charge in [-0.05, 0) is 56.2 Å². The number of benzene rings is 1. The lowest BCUT2D eigenvalue weighted by atomic mass is 9.95. The van der Waals surface area contributed by atoms with E-state index in [1.165, 1.54) is 0 Å². The van der Waals surface area contributed by atoms with Gasteiger partial charge in [-0.3, -0.25) is 9.89 Å². The van der Waals surface area contributed by atoms with E-state index in [2.05, 4.69) is 10.2 Å². The summed E-state index contributed by atoms with van der Waals surface area (Å²) >= 11 is 5.17. The fraction of sp³-hybridized carbons (Fsp3) is 0.471. The molecule has 0 aliphatic carbocycles. The third-order valence-corrected chi connectivity index (χ3v) is 4.84. The van der Waals surface area contributed by atoms with Crippen LogP contribution in [-0.2, 0) is 7.05 Å². The zero-order chi connectivity index (χ0) is 17.1. The van der Waals surface area contributed by atoms with Crippen molar-refractivity contribution in [1.29, 1.82) is 0 Å². The molecule has 2 aromatic rings. The highest BCUT2D eigenvalue weighted by Gasteiger charge is 2.27. The van der Waals surface area contributed by atoms with Gasteiger partial charge in [0.2, 0.25) is 0 Å². The van der Waals surface area contributed by atoms with Gasteiger partial charge in [0.15, 0.2) is 4.77 Å². The molecule has 0 saturated carbocycles. The van der Waals surface area contributed by atoms with Crippen molar-refractivity contribution in [3.8, 4) is 5.75 Å². The Hall–Kier alpha value is -2.15. The molecule has 1 amide bonds. The van der Waals surface area contributed by atoms with Crippen molar-refractivity contribution < 1.29 is 9.53 Å². The number of hydrogen-bond acceptors (Lipinski definition) is 4. The molecule has 0 atom stereocenters. The number of likely N-dealkylation sites (tertiary alicyclic amines) is 1. The van der Waals surface area contributed by atoms with Crippen LogP contribution in [0.15, 0.2) is 24.3 Å². The molecule has 3 rings (SSSR count). The van der Waals surface area contributed by atoms with Gasteiger partial charge in [-0.1, -0.05) is 0 Å². The van der Waals surface area contributed by atoms with Crippen molar-refractivity contribution in [3.05, 3.63) is 40.4 Å². The molecule has 0 bridgehead atoms. The number of hydrogen-bond donors (Lipinski definition) is 1. The lowest BCUT2D eigenvalue weighted by Gasteiger charge is -2.31. The normalized spacial score (nSPS) is 15.5. The Labute approximate surface area is 146 Å². The Morgan fingerprint density at radius 2 is 2.00 bits per heavy atom. The summed E-state index contributed by atoms with van der Waals surface area (Å²) in [6, 6.07) is 7.35. The molecule has 24 heavy (non-hydrogen) atoms. The summed E-state index contributed by atoms with van der Waals surface area (Å²) in [6.45, 7) is 4.03. The first-order valence-corrected chi connectivity index (χ1v) is 8.64. The average molecular weight is 346 g/mol. The maximum absolute atomic E-state index is 12.6. The molecule has 128 valence electrons. The van der Waals surface area contributed by atoms with Crippen LogP contribution in [0.1, 0.15) is 41.9 Å². The number of nitrogens with one attached hydrogen (secondary N) is 1. The van der Waals surface area contributed by atoms with Gasteiger partial charge in [0.1, 0.15) is 11.6 Å². The maximum atomic E-state index is 12.6. The smallest absolute Gasteiger partial charge is 0.253 e. The minimum atomic E-state index is 0.0758. The van der Waals surface area contributed by atoms with Crippen LogP contribution >= 0.6 is 12.2 Å². The van der Waals surface area contributed by atoms with Crippen LogP contribution in [0.25, 0.3) is 0 Å². The third-order valence-electron chi connectivity index (χ3n) is 4.47. The number of piperidine rings is 1. The van der Waals surface area contributed by atoms with Gasteiger partial charge in [-0.15, -0.1) is 0 Å². The monoisotopic (exact) mass is 346 g/mol. The van der Waals surface area contributed by atoms with Gasteiger partial charge < -0.3 is 14.2 Å². The van der Waals surface area contributed by atoms with Crippen LogP contribution in [0.5, 0.6) is 5.75 Å². The first-order chi connectivity index (χ1) is 11.6. The fourth-order valence-corrected chi connectivity index (χ4v) is 3.25. The molecule has 0 spiro atoms. The lowest BCUT2D eigenvalue weighted by molar-refractivity contribution is 0.0710. The van der Waals surface area contributed by atoms with E-state index in [1.54, 1.807) is 0 Å². The third kappa shape index (κ3) is 3.36. The number of carbonyl (C=O) groups is 1. The minimum absolute atomic E-state index is 0.0758. The molecule has 1 saturated heterocycles. The quantitative estimate of drug-likeness (QED) is 0.865. The van der Waals surface area contributed by atoms with Crippen molar-refractivity contribution in [2.24, 2.45) is 7.05 Å². The van der Waals surface area contributed by atoms with Gasteiger partial charge in [0.25, 0.3) is 5.91 Å². The molecule has 7 heteroatoms. The van der Waals surface area contributed by atoms with Gasteiger partial charge in [-0.2, -0.15) is 5.10 Å². The molecule has 1 aromatic heterocycles. The number of amides is 1. The highest BCUT2D eigenvalue weighted by atomic mass is 32.1. The first-order valence-electron chi connectivity index (χ1n) is 8.23. The molecule has 1 aliphatic rings. The number of H-pyrrole nitrogens is 1. The summed E-state index contributed by atoms with van der Waals surface area (Å²) in [5.74, 6) is 2.19. The largest absolute Gasteiger partial charge is 0.494 e. The average Bonchev–Trinajstić information content (AvgIpc) is 2.95. The minimum Gasteiger partial charge on any atom is -0.494 e. The second-order valence-corrected chi connectivity index (χ2v) is 6.36. The van der Waals surface area contributed by atoms with Crippen molar-refractivity contribution in [3.63, 3.8) is 0 Å². The van der Waals surface area contributed by atoms with Crippen molar-refractivity contribution >= 4 is 18.1 Å². The standard InChI is InChI=1S/C17H22N4O2S/c1-3-23-14-6-4-13(5-7-14)16(22)21-10-8-12(9-11-21)15-18-19-17(24)20(15)2/h4-7,12H,3,8-11H2,1-2H3,(H,19,24). The topological polar surface area (TPSA) is 63.1 Å². The van der Waals surface area contributed by atoms with E-state index in [4.69, 9.17) is 17.0 Å². The number of nitrogens with zero attached hydrogens (tertiary/aromatic N) is 3. The SMILES string of the molecule is CCOc1ccc(C(=O)N2CCC(c3n[nH]c(=S)n3C)CC2)cc1. The van der Waals surface area contributed by atoms with Gasteiger partial charge in [-0.25, -0.2) is 0 Å². The van der Waals surface area contributed by atoms with Gasteiger partial charge in [0, 0.05) is 31.6 Å². The van der Waals surface area contributed by atoms with Crippen molar-refractivity contribution in [2.75, 3.05) is 19.7 Å². The summed E-state index contributed by atoms with van der Waals surface area (Å²) in [4.78, 5) is 14.5. The van der Waals surface area contributed by atoms with Crippen LogP contribution in [0.3, 0.4) is 0 Å². The fourth-order valence-electron chi connectivity index (χ4n) is 3.11. The molecule has 0 unspecified atom stereocenters. The molecule has 1 aromatic carbocycles. The molecular formula is C17H22N4O2S. The molecule has 1 N–H and O–H groups in total. The second kappa shape index (κ2) is 7.17. The molecule has 2 heterocycles. The van der Waals surface area contributed by atoms with Gasteiger partial charge >= 0.3 is 0 Å². The Balaban J connectivity index is 1.62. The second-order valence-electron chi connectivity index (χ2n) is 5.97. The Morgan fingerprint density at radius 3 is 2.54 bits per heavy atom. The predicted molar refractivity (Wildman–Crippen MR) is 93.9 cm³/mol. The molecule has 6 nitrogen and oxygen atoms in total. The molecule has 1 fully saturated rings. The zero-order valence-corrected chi connectivity index (χ0v) is 14.8. The van der Waals surface area contributed by atoms with Crippen molar-refractivity contribution in [2.45, 2.75) is 25.7 Å². The zero-order valence-electron chi connectivity index (χ0n) is 14.0. The maximum Gasteiger partial charge on any atom is 0.253 e. The Bertz CT molecular complexity index is 758. The lowest BCUT2D eigenvalue weighted by Crippen LogP contribution is -2.38. The highest BCUT2D eigenvalue weighted by molar-refractivity contribution is 7.71. The van der Waals surface area contributed by atoms with Crippen LogP contribution in [-0.4, -0.2) is 45.3 Å². The Kier molecular flexibility index (Phi) is 4.99. The van der Waals surface area contributed by atoms with E-state index in [1.807, 2.05) is 47.7 Å². The summed E-state index contributed by atoms with van der Waals surface area (Å²) < 4.78 is 7.97. The predicted octanol–water partition coefficient (Wildman–Crippen LogP) is 2.90. The van der Waals surface area contributed by atoms with E-state index in [-0.39, 0.29) is 5.91 Å². The first kappa shape index (κ1) is 16.7. The molecule has 0 radical (unpaired) electrons. The van der Waals surface area contributed by atoms with Crippen LogP contribution in [0, 0.1) is 4.77 Å². The van der Waals surface area contributed by atoms with E-state index < -0.39 is 0 Å².